The zero-order chi connectivity index (χ0) is 16.8. The molecule has 2 atom stereocenters. The van der Waals surface area contributed by atoms with Crippen LogP contribution in [0.5, 0.6) is 5.75 Å². The SMILES string of the molecule is O=C(OC1CCCCNC1=O)c1ccc(OCC2CCCO2)cc1. The first-order valence-corrected chi connectivity index (χ1v) is 8.55. The molecule has 2 saturated heterocycles. The second kappa shape index (κ2) is 8.15. The van der Waals surface area contributed by atoms with Crippen LogP contribution in [0.3, 0.4) is 0 Å². The molecule has 6 heteroatoms. The normalized spacial score (nSPS) is 24.1. The maximum absolute atomic E-state index is 12.2. The highest BCUT2D eigenvalue weighted by Gasteiger charge is 2.25. The summed E-state index contributed by atoms with van der Waals surface area (Å²) in [6.45, 7) is 1.96. The molecule has 2 unspecified atom stereocenters. The van der Waals surface area contributed by atoms with Crippen LogP contribution < -0.4 is 10.1 Å². The number of carbonyl (C=O) groups is 2. The molecule has 2 heterocycles. The number of rotatable bonds is 5. The fourth-order valence-corrected chi connectivity index (χ4v) is 2.87. The van der Waals surface area contributed by atoms with Crippen molar-refractivity contribution in [1.29, 1.82) is 0 Å². The molecule has 0 bridgehead atoms. The molecule has 1 amide bonds. The summed E-state index contributed by atoms with van der Waals surface area (Å²) in [5.41, 5.74) is 0.413. The van der Waals surface area contributed by atoms with Crippen molar-refractivity contribution in [2.24, 2.45) is 0 Å². The smallest absolute Gasteiger partial charge is 0.338 e. The van der Waals surface area contributed by atoms with Gasteiger partial charge in [-0.1, -0.05) is 0 Å². The average molecular weight is 333 g/mol. The number of amides is 1. The second-order valence-corrected chi connectivity index (χ2v) is 6.15. The molecule has 0 radical (unpaired) electrons. The molecule has 0 aromatic heterocycles. The van der Waals surface area contributed by atoms with Crippen LogP contribution in [0, 0.1) is 0 Å². The fraction of sp³-hybridized carbons (Fsp3) is 0.556. The quantitative estimate of drug-likeness (QED) is 0.835. The maximum Gasteiger partial charge on any atom is 0.338 e. The number of esters is 1. The van der Waals surface area contributed by atoms with Crippen LogP contribution >= 0.6 is 0 Å². The topological polar surface area (TPSA) is 73.9 Å². The lowest BCUT2D eigenvalue weighted by Crippen LogP contribution is -2.36. The van der Waals surface area contributed by atoms with Crippen LogP contribution in [0.15, 0.2) is 24.3 Å². The van der Waals surface area contributed by atoms with E-state index in [1.54, 1.807) is 24.3 Å². The largest absolute Gasteiger partial charge is 0.491 e. The Balaban J connectivity index is 1.52. The van der Waals surface area contributed by atoms with Gasteiger partial charge in [-0.05, 0) is 56.4 Å². The van der Waals surface area contributed by atoms with Crippen molar-refractivity contribution in [2.75, 3.05) is 19.8 Å². The summed E-state index contributed by atoms with van der Waals surface area (Å²) < 4.78 is 16.5. The molecular weight excluding hydrogens is 310 g/mol. The van der Waals surface area contributed by atoms with Crippen LogP contribution in [-0.4, -0.2) is 43.8 Å². The average Bonchev–Trinajstić information content (AvgIpc) is 3.04. The first kappa shape index (κ1) is 16.8. The van der Waals surface area contributed by atoms with Crippen LogP contribution in [0.4, 0.5) is 0 Å². The Bertz CT molecular complexity index is 565. The molecule has 2 aliphatic heterocycles. The molecular formula is C18H23NO5. The first-order valence-electron chi connectivity index (χ1n) is 8.55. The van der Waals surface area contributed by atoms with Crippen LogP contribution in [-0.2, 0) is 14.3 Å². The Morgan fingerprint density at radius 2 is 2.00 bits per heavy atom. The molecule has 1 aromatic rings. The Morgan fingerprint density at radius 1 is 1.17 bits per heavy atom. The van der Waals surface area contributed by atoms with Crippen LogP contribution in [0.2, 0.25) is 0 Å². The highest BCUT2D eigenvalue weighted by Crippen LogP contribution is 2.18. The minimum absolute atomic E-state index is 0.156. The number of benzene rings is 1. The summed E-state index contributed by atoms with van der Waals surface area (Å²) in [6, 6.07) is 6.78. The van der Waals surface area contributed by atoms with E-state index < -0.39 is 12.1 Å². The van der Waals surface area contributed by atoms with Crippen molar-refractivity contribution >= 4 is 11.9 Å². The van der Waals surface area contributed by atoms with Crippen molar-refractivity contribution in [2.45, 2.75) is 44.3 Å². The number of nitrogens with one attached hydrogen (secondary N) is 1. The molecule has 3 rings (SSSR count). The van der Waals surface area contributed by atoms with Gasteiger partial charge in [-0.15, -0.1) is 0 Å². The third-order valence-electron chi connectivity index (χ3n) is 4.28. The minimum atomic E-state index is -0.699. The molecule has 2 fully saturated rings. The first-order chi connectivity index (χ1) is 11.7. The van der Waals surface area contributed by atoms with Crippen molar-refractivity contribution in [3.8, 4) is 5.75 Å². The van der Waals surface area contributed by atoms with Gasteiger partial charge in [0.2, 0.25) is 0 Å². The van der Waals surface area contributed by atoms with Crippen molar-refractivity contribution < 1.29 is 23.8 Å². The van der Waals surface area contributed by atoms with Crippen molar-refractivity contribution in [3.63, 3.8) is 0 Å². The van der Waals surface area contributed by atoms with E-state index in [0.717, 1.165) is 32.3 Å². The third-order valence-corrected chi connectivity index (χ3v) is 4.28. The van der Waals surface area contributed by atoms with Crippen LogP contribution in [0.1, 0.15) is 42.5 Å². The number of hydrogen-bond donors (Lipinski definition) is 1. The Labute approximate surface area is 141 Å². The van der Waals surface area contributed by atoms with E-state index in [1.165, 1.54) is 0 Å². The van der Waals surface area contributed by atoms with E-state index in [-0.39, 0.29) is 12.0 Å². The number of hydrogen-bond acceptors (Lipinski definition) is 5. The predicted octanol–water partition coefficient (Wildman–Crippen LogP) is 2.07. The highest BCUT2D eigenvalue weighted by atomic mass is 16.5. The lowest BCUT2D eigenvalue weighted by Gasteiger charge is -2.15. The number of ether oxygens (including phenoxy) is 3. The zero-order valence-electron chi connectivity index (χ0n) is 13.7. The molecule has 6 nitrogen and oxygen atoms in total. The minimum Gasteiger partial charge on any atom is -0.491 e. The van der Waals surface area contributed by atoms with Crippen LogP contribution in [0.25, 0.3) is 0 Å². The van der Waals surface area contributed by atoms with Gasteiger partial charge < -0.3 is 19.5 Å². The monoisotopic (exact) mass is 333 g/mol. The maximum atomic E-state index is 12.2. The Hall–Kier alpha value is -2.08. The molecule has 0 aliphatic carbocycles. The summed E-state index contributed by atoms with van der Waals surface area (Å²) in [4.78, 5) is 24.0. The van der Waals surface area contributed by atoms with Gasteiger partial charge in [-0.25, -0.2) is 4.79 Å². The Kier molecular flexibility index (Phi) is 5.69. The zero-order valence-corrected chi connectivity index (χ0v) is 13.7. The van der Waals surface area contributed by atoms with Crippen molar-refractivity contribution in [3.05, 3.63) is 29.8 Å². The highest BCUT2D eigenvalue weighted by molar-refractivity contribution is 5.92. The molecule has 1 aromatic carbocycles. The summed E-state index contributed by atoms with van der Waals surface area (Å²) in [6.07, 6.45) is 3.91. The van der Waals surface area contributed by atoms with E-state index in [0.29, 0.717) is 30.9 Å². The Morgan fingerprint density at radius 3 is 2.75 bits per heavy atom. The van der Waals surface area contributed by atoms with E-state index in [1.807, 2.05) is 0 Å². The molecule has 24 heavy (non-hydrogen) atoms. The van der Waals surface area contributed by atoms with Gasteiger partial charge in [0.25, 0.3) is 5.91 Å². The van der Waals surface area contributed by atoms with E-state index in [4.69, 9.17) is 14.2 Å². The van der Waals surface area contributed by atoms with Gasteiger partial charge >= 0.3 is 5.97 Å². The van der Waals surface area contributed by atoms with Gasteiger partial charge in [-0.3, -0.25) is 4.79 Å². The summed E-state index contributed by atoms with van der Waals surface area (Å²) in [7, 11) is 0. The lowest BCUT2D eigenvalue weighted by atomic mass is 10.1. The van der Waals surface area contributed by atoms with E-state index >= 15 is 0 Å². The summed E-state index contributed by atoms with van der Waals surface area (Å²) >= 11 is 0. The van der Waals surface area contributed by atoms with Gasteiger partial charge in [-0.2, -0.15) is 0 Å². The molecule has 0 spiro atoms. The summed E-state index contributed by atoms with van der Waals surface area (Å²) in [5, 5.41) is 2.76. The lowest BCUT2D eigenvalue weighted by molar-refractivity contribution is -0.129. The van der Waals surface area contributed by atoms with Crippen molar-refractivity contribution in [1.82, 2.24) is 5.32 Å². The molecule has 130 valence electrons. The number of carbonyl (C=O) groups excluding carboxylic acids is 2. The van der Waals surface area contributed by atoms with Gasteiger partial charge in [0.05, 0.1) is 11.7 Å². The second-order valence-electron chi connectivity index (χ2n) is 6.15. The third kappa shape index (κ3) is 4.47. The molecule has 2 aliphatic rings. The van der Waals surface area contributed by atoms with Gasteiger partial charge in [0.1, 0.15) is 12.4 Å². The summed E-state index contributed by atoms with van der Waals surface area (Å²) in [5.74, 6) is -0.00523. The van der Waals surface area contributed by atoms with Gasteiger partial charge in [0, 0.05) is 13.2 Å². The van der Waals surface area contributed by atoms with E-state index in [2.05, 4.69) is 5.32 Å². The molecule has 0 saturated carbocycles. The predicted molar refractivity (Wildman–Crippen MR) is 87.0 cm³/mol. The standard InChI is InChI=1S/C18H23NO5/c20-17-16(5-1-2-10-19-17)24-18(21)13-6-8-14(9-7-13)23-12-15-4-3-11-22-15/h6-9,15-16H,1-5,10-12H2,(H,19,20). The molecule has 1 N–H and O–H groups in total. The van der Waals surface area contributed by atoms with Gasteiger partial charge in [0.15, 0.2) is 6.10 Å². The van der Waals surface area contributed by atoms with E-state index in [9.17, 15) is 9.59 Å². The fourth-order valence-electron chi connectivity index (χ4n) is 2.87.